The molecule has 1 fully saturated rings. The van der Waals surface area contributed by atoms with Crippen LogP contribution in [0.2, 0.25) is 0 Å². The quantitative estimate of drug-likeness (QED) is 0.832. The summed E-state index contributed by atoms with van der Waals surface area (Å²) in [5.74, 6) is 1.26. The van der Waals surface area contributed by atoms with Gasteiger partial charge in [-0.15, -0.1) is 0 Å². The predicted octanol–water partition coefficient (Wildman–Crippen LogP) is 4.43. The van der Waals surface area contributed by atoms with E-state index in [1.807, 2.05) is 52.0 Å². The Labute approximate surface area is 161 Å². The van der Waals surface area contributed by atoms with Crippen LogP contribution in [0.15, 0.2) is 24.3 Å². The van der Waals surface area contributed by atoms with E-state index in [0.29, 0.717) is 11.9 Å². The van der Waals surface area contributed by atoms with Crippen molar-refractivity contribution < 1.29 is 9.53 Å². The number of benzene rings is 1. The average Bonchev–Trinajstić information content (AvgIpc) is 2.59. The zero-order valence-electron chi connectivity index (χ0n) is 16.7. The van der Waals surface area contributed by atoms with Crippen molar-refractivity contribution >= 4 is 22.9 Å². The van der Waals surface area contributed by atoms with Gasteiger partial charge in [0, 0.05) is 18.0 Å². The third kappa shape index (κ3) is 5.55. The number of rotatable bonds is 4. The maximum absolute atomic E-state index is 11.9. The van der Waals surface area contributed by atoms with Gasteiger partial charge in [-0.25, -0.2) is 14.8 Å². The molecule has 146 valence electrons. The number of ether oxygens (including phenoxy) is 1. The van der Waals surface area contributed by atoms with Crippen LogP contribution in [-0.4, -0.2) is 34.2 Å². The van der Waals surface area contributed by atoms with Gasteiger partial charge in [-0.2, -0.15) is 0 Å². The Morgan fingerprint density at radius 3 is 2.56 bits per heavy atom. The molecular weight excluding hydrogens is 340 g/mol. The first-order valence-corrected chi connectivity index (χ1v) is 9.77. The molecule has 3 rings (SSSR count). The SMILES string of the molecule is Cc1nc(NCC2CCC(NC(=O)OC(C)(C)C)CC2)nc2ccccc12. The lowest BCUT2D eigenvalue weighted by Crippen LogP contribution is -2.41. The van der Waals surface area contributed by atoms with E-state index in [-0.39, 0.29) is 12.1 Å². The Bertz CT molecular complexity index is 792. The summed E-state index contributed by atoms with van der Waals surface area (Å²) in [5, 5.41) is 7.49. The van der Waals surface area contributed by atoms with Gasteiger partial charge >= 0.3 is 6.09 Å². The highest BCUT2D eigenvalue weighted by molar-refractivity contribution is 5.81. The van der Waals surface area contributed by atoms with Gasteiger partial charge in [0.1, 0.15) is 5.60 Å². The lowest BCUT2D eigenvalue weighted by Gasteiger charge is -2.30. The summed E-state index contributed by atoms with van der Waals surface area (Å²) in [7, 11) is 0. The molecule has 1 aliphatic carbocycles. The molecule has 0 unspecified atom stereocenters. The van der Waals surface area contributed by atoms with E-state index >= 15 is 0 Å². The van der Waals surface area contributed by atoms with Gasteiger partial charge < -0.3 is 15.4 Å². The van der Waals surface area contributed by atoms with Crippen molar-refractivity contribution in [2.24, 2.45) is 5.92 Å². The van der Waals surface area contributed by atoms with E-state index in [9.17, 15) is 4.79 Å². The maximum atomic E-state index is 11.9. The van der Waals surface area contributed by atoms with E-state index < -0.39 is 5.60 Å². The van der Waals surface area contributed by atoms with Gasteiger partial charge in [0.15, 0.2) is 0 Å². The van der Waals surface area contributed by atoms with Crippen molar-refractivity contribution in [2.75, 3.05) is 11.9 Å². The fourth-order valence-corrected chi connectivity index (χ4v) is 3.54. The molecule has 6 heteroatoms. The number of nitrogens with one attached hydrogen (secondary N) is 2. The van der Waals surface area contributed by atoms with Gasteiger partial charge in [0.25, 0.3) is 0 Å². The molecule has 1 heterocycles. The number of carbonyl (C=O) groups excluding carboxylic acids is 1. The molecule has 0 radical (unpaired) electrons. The Morgan fingerprint density at radius 1 is 1.15 bits per heavy atom. The monoisotopic (exact) mass is 370 g/mol. The molecule has 0 aliphatic heterocycles. The second-order valence-electron chi connectivity index (χ2n) is 8.39. The van der Waals surface area contributed by atoms with E-state index in [2.05, 4.69) is 20.6 Å². The van der Waals surface area contributed by atoms with Gasteiger partial charge in [-0.3, -0.25) is 0 Å². The highest BCUT2D eigenvalue weighted by Gasteiger charge is 2.24. The van der Waals surface area contributed by atoms with Crippen LogP contribution in [-0.2, 0) is 4.74 Å². The van der Waals surface area contributed by atoms with E-state index in [4.69, 9.17) is 4.74 Å². The fraction of sp³-hybridized carbons (Fsp3) is 0.571. The smallest absolute Gasteiger partial charge is 0.407 e. The summed E-state index contributed by atoms with van der Waals surface area (Å²) < 4.78 is 5.34. The van der Waals surface area contributed by atoms with Gasteiger partial charge in [-0.1, -0.05) is 18.2 Å². The van der Waals surface area contributed by atoms with Crippen LogP contribution in [0.5, 0.6) is 0 Å². The molecule has 0 spiro atoms. The molecular formula is C21H30N4O2. The number of alkyl carbamates (subject to hydrolysis) is 1. The standard InChI is InChI=1S/C21H30N4O2/c1-14-17-7-5-6-8-18(17)25-19(23-14)22-13-15-9-11-16(12-10-15)24-20(26)27-21(2,3)4/h5-8,15-16H,9-13H2,1-4H3,(H,24,26)(H,22,23,25). The van der Waals surface area contributed by atoms with Crippen LogP contribution in [0.3, 0.4) is 0 Å². The largest absolute Gasteiger partial charge is 0.444 e. The number of hydrogen-bond acceptors (Lipinski definition) is 5. The van der Waals surface area contributed by atoms with Crippen LogP contribution in [0.25, 0.3) is 10.9 Å². The van der Waals surface area contributed by atoms with Gasteiger partial charge in [0.05, 0.1) is 11.2 Å². The number of carbonyl (C=O) groups is 1. The predicted molar refractivity (Wildman–Crippen MR) is 108 cm³/mol. The first-order valence-electron chi connectivity index (χ1n) is 9.77. The highest BCUT2D eigenvalue weighted by Crippen LogP contribution is 2.25. The van der Waals surface area contributed by atoms with E-state index in [1.165, 1.54) is 0 Å². The molecule has 1 amide bonds. The summed E-state index contributed by atoms with van der Waals surface area (Å²) >= 11 is 0. The molecule has 1 aromatic carbocycles. The number of anilines is 1. The number of aromatic nitrogens is 2. The number of hydrogen-bond donors (Lipinski definition) is 2. The molecule has 1 aromatic heterocycles. The molecule has 0 saturated heterocycles. The third-order valence-electron chi connectivity index (χ3n) is 4.91. The zero-order valence-corrected chi connectivity index (χ0v) is 16.7. The Kier molecular flexibility index (Phi) is 5.82. The maximum Gasteiger partial charge on any atom is 0.407 e. The first kappa shape index (κ1) is 19.4. The Balaban J connectivity index is 1.47. The molecule has 1 aliphatic rings. The molecule has 27 heavy (non-hydrogen) atoms. The summed E-state index contributed by atoms with van der Waals surface area (Å²) in [6.45, 7) is 8.52. The Morgan fingerprint density at radius 2 is 1.85 bits per heavy atom. The van der Waals surface area contributed by atoms with Gasteiger partial charge in [0.2, 0.25) is 5.95 Å². The Hall–Kier alpha value is -2.37. The van der Waals surface area contributed by atoms with Crippen LogP contribution in [0.4, 0.5) is 10.7 Å². The normalized spacial score (nSPS) is 20.3. The van der Waals surface area contributed by atoms with Crippen LogP contribution in [0, 0.1) is 12.8 Å². The van der Waals surface area contributed by atoms with Crippen molar-refractivity contribution in [1.82, 2.24) is 15.3 Å². The van der Waals surface area contributed by atoms with Crippen molar-refractivity contribution in [1.29, 1.82) is 0 Å². The number of aryl methyl sites for hydroxylation is 1. The number of para-hydroxylation sites is 1. The molecule has 0 atom stereocenters. The van der Waals surface area contributed by atoms with Gasteiger partial charge in [-0.05, 0) is 65.4 Å². The zero-order chi connectivity index (χ0) is 19.4. The van der Waals surface area contributed by atoms with Crippen molar-refractivity contribution in [3.05, 3.63) is 30.0 Å². The van der Waals surface area contributed by atoms with Crippen LogP contribution >= 0.6 is 0 Å². The second-order valence-corrected chi connectivity index (χ2v) is 8.39. The second kappa shape index (κ2) is 8.11. The highest BCUT2D eigenvalue weighted by atomic mass is 16.6. The number of nitrogens with zero attached hydrogens (tertiary/aromatic N) is 2. The minimum atomic E-state index is -0.455. The van der Waals surface area contributed by atoms with Crippen LogP contribution < -0.4 is 10.6 Å². The molecule has 6 nitrogen and oxygen atoms in total. The molecule has 2 N–H and O–H groups in total. The first-order chi connectivity index (χ1) is 12.8. The summed E-state index contributed by atoms with van der Waals surface area (Å²) in [4.78, 5) is 21.1. The van der Waals surface area contributed by atoms with Crippen molar-refractivity contribution in [2.45, 2.75) is 65.0 Å². The summed E-state index contributed by atoms with van der Waals surface area (Å²) in [6, 6.07) is 8.28. The summed E-state index contributed by atoms with van der Waals surface area (Å²) in [5.41, 5.74) is 1.51. The number of fused-ring (bicyclic) bond motifs is 1. The lowest BCUT2D eigenvalue weighted by molar-refractivity contribution is 0.0488. The van der Waals surface area contributed by atoms with Crippen LogP contribution in [0.1, 0.15) is 52.1 Å². The van der Waals surface area contributed by atoms with Crippen molar-refractivity contribution in [3.63, 3.8) is 0 Å². The molecule has 1 saturated carbocycles. The molecule has 2 aromatic rings. The summed E-state index contributed by atoms with van der Waals surface area (Å²) in [6.07, 6.45) is 3.77. The number of amides is 1. The van der Waals surface area contributed by atoms with E-state index in [0.717, 1.165) is 48.8 Å². The topological polar surface area (TPSA) is 76.1 Å². The molecule has 0 bridgehead atoms. The average molecular weight is 370 g/mol. The minimum absolute atomic E-state index is 0.204. The van der Waals surface area contributed by atoms with Crippen molar-refractivity contribution in [3.8, 4) is 0 Å². The van der Waals surface area contributed by atoms with E-state index in [1.54, 1.807) is 0 Å². The fourth-order valence-electron chi connectivity index (χ4n) is 3.54. The third-order valence-corrected chi connectivity index (χ3v) is 4.91. The minimum Gasteiger partial charge on any atom is -0.444 e. The lowest BCUT2D eigenvalue weighted by atomic mass is 9.86.